The number of rotatable bonds is 1. The van der Waals surface area contributed by atoms with Crippen LogP contribution < -0.4 is 0 Å². The van der Waals surface area contributed by atoms with Crippen LogP contribution in [0.4, 0.5) is 0 Å². The van der Waals surface area contributed by atoms with Crippen LogP contribution in [0.3, 0.4) is 0 Å². The van der Waals surface area contributed by atoms with Crippen LogP contribution in [0.5, 0.6) is 0 Å². The number of aliphatic hydroxyl groups is 1. The fourth-order valence-corrected chi connectivity index (χ4v) is 0.999. The second kappa shape index (κ2) is 2.50. The normalized spacial score (nSPS) is 35.6. The van der Waals surface area contributed by atoms with Crippen molar-refractivity contribution in [3.8, 4) is 0 Å². The predicted molar refractivity (Wildman–Crippen MR) is 35.2 cm³/mol. The van der Waals surface area contributed by atoms with Crippen molar-refractivity contribution in [2.75, 3.05) is 6.61 Å². The maximum atomic E-state index is 8.64. The summed E-state index contributed by atoms with van der Waals surface area (Å²) in [5.41, 5.74) is 1.09. The first kappa shape index (κ1) is 6.78. The molecule has 2 heteroatoms. The van der Waals surface area contributed by atoms with E-state index in [0.717, 1.165) is 12.0 Å². The van der Waals surface area contributed by atoms with Crippen molar-refractivity contribution < 1.29 is 9.84 Å². The Labute approximate surface area is 55.1 Å². The van der Waals surface area contributed by atoms with E-state index in [-0.39, 0.29) is 18.8 Å². The average molecular weight is 128 g/mol. The van der Waals surface area contributed by atoms with E-state index in [4.69, 9.17) is 9.84 Å². The van der Waals surface area contributed by atoms with E-state index in [1.54, 1.807) is 0 Å². The molecule has 0 aromatic heterocycles. The van der Waals surface area contributed by atoms with Gasteiger partial charge in [-0.1, -0.05) is 6.58 Å². The summed E-state index contributed by atoms with van der Waals surface area (Å²) in [6.45, 7) is 5.87. The molecule has 1 aliphatic heterocycles. The molecule has 0 spiro atoms. The third-order valence-corrected chi connectivity index (χ3v) is 1.66. The van der Waals surface area contributed by atoms with Gasteiger partial charge in [0.25, 0.3) is 0 Å². The van der Waals surface area contributed by atoms with Crippen LogP contribution in [0.15, 0.2) is 12.2 Å². The molecule has 0 radical (unpaired) electrons. The molecule has 1 fully saturated rings. The Kier molecular flexibility index (Phi) is 1.88. The summed E-state index contributed by atoms with van der Waals surface area (Å²) in [5.74, 6) is 0. The van der Waals surface area contributed by atoms with E-state index >= 15 is 0 Å². The molecule has 2 nitrogen and oxygen atoms in total. The maximum absolute atomic E-state index is 8.64. The standard InChI is InChI=1S/C7H12O2/c1-5-3-7(4-8)9-6(5)2/h6-8H,1,3-4H2,2H3. The van der Waals surface area contributed by atoms with E-state index in [1.807, 2.05) is 6.92 Å². The SMILES string of the molecule is C=C1CC(CO)OC1C. The van der Waals surface area contributed by atoms with Crippen molar-refractivity contribution in [2.24, 2.45) is 0 Å². The molecule has 1 N–H and O–H groups in total. The lowest BCUT2D eigenvalue weighted by molar-refractivity contribution is 0.0238. The highest BCUT2D eigenvalue weighted by atomic mass is 16.5. The second-order valence-corrected chi connectivity index (χ2v) is 2.45. The first-order valence-corrected chi connectivity index (χ1v) is 3.18. The molecule has 2 atom stereocenters. The Balaban J connectivity index is 2.44. The molecule has 0 aromatic carbocycles. The van der Waals surface area contributed by atoms with Crippen molar-refractivity contribution in [2.45, 2.75) is 25.6 Å². The van der Waals surface area contributed by atoms with Crippen molar-refractivity contribution >= 4 is 0 Å². The maximum Gasteiger partial charge on any atom is 0.0851 e. The van der Waals surface area contributed by atoms with E-state index in [1.165, 1.54) is 0 Å². The second-order valence-electron chi connectivity index (χ2n) is 2.45. The molecule has 52 valence electrons. The zero-order chi connectivity index (χ0) is 6.85. The summed E-state index contributed by atoms with van der Waals surface area (Å²) in [5, 5.41) is 8.64. The Morgan fingerprint density at radius 3 is 2.78 bits per heavy atom. The van der Waals surface area contributed by atoms with Gasteiger partial charge in [-0.05, 0) is 18.9 Å². The van der Waals surface area contributed by atoms with Gasteiger partial charge in [0.05, 0.1) is 18.8 Å². The molecular weight excluding hydrogens is 116 g/mol. The minimum atomic E-state index is 0.00694. The topological polar surface area (TPSA) is 29.5 Å². The summed E-state index contributed by atoms with van der Waals surface area (Å²) < 4.78 is 5.27. The molecule has 1 saturated heterocycles. The lowest BCUT2D eigenvalue weighted by Crippen LogP contribution is -2.12. The van der Waals surface area contributed by atoms with Crippen LogP contribution in [-0.2, 0) is 4.74 Å². The van der Waals surface area contributed by atoms with Crippen LogP contribution in [0.25, 0.3) is 0 Å². The zero-order valence-corrected chi connectivity index (χ0v) is 5.63. The molecule has 1 rings (SSSR count). The molecule has 1 heterocycles. The molecular formula is C7H12O2. The van der Waals surface area contributed by atoms with Crippen molar-refractivity contribution in [1.82, 2.24) is 0 Å². The Morgan fingerprint density at radius 2 is 2.56 bits per heavy atom. The molecule has 1 aliphatic rings. The first-order valence-electron chi connectivity index (χ1n) is 3.18. The van der Waals surface area contributed by atoms with Crippen LogP contribution >= 0.6 is 0 Å². The summed E-state index contributed by atoms with van der Waals surface area (Å²) in [7, 11) is 0. The highest BCUT2D eigenvalue weighted by molar-refractivity contribution is 5.07. The smallest absolute Gasteiger partial charge is 0.0851 e. The monoisotopic (exact) mass is 128 g/mol. The Bertz CT molecular complexity index is 120. The fraction of sp³-hybridized carbons (Fsp3) is 0.714. The summed E-state index contributed by atoms with van der Waals surface area (Å²) in [4.78, 5) is 0. The largest absolute Gasteiger partial charge is 0.394 e. The molecule has 0 bridgehead atoms. The van der Waals surface area contributed by atoms with Gasteiger partial charge in [-0.15, -0.1) is 0 Å². The number of ether oxygens (including phenoxy) is 1. The molecule has 0 aliphatic carbocycles. The van der Waals surface area contributed by atoms with E-state index in [0.29, 0.717) is 0 Å². The fourth-order valence-electron chi connectivity index (χ4n) is 0.999. The van der Waals surface area contributed by atoms with Gasteiger partial charge in [0.1, 0.15) is 0 Å². The zero-order valence-electron chi connectivity index (χ0n) is 5.63. The van der Waals surface area contributed by atoms with Gasteiger partial charge >= 0.3 is 0 Å². The summed E-state index contributed by atoms with van der Waals surface area (Å²) in [6.07, 6.45) is 0.965. The highest BCUT2D eigenvalue weighted by Gasteiger charge is 2.23. The summed E-state index contributed by atoms with van der Waals surface area (Å²) >= 11 is 0. The van der Waals surface area contributed by atoms with Gasteiger partial charge in [-0.3, -0.25) is 0 Å². The van der Waals surface area contributed by atoms with Crippen LogP contribution in [-0.4, -0.2) is 23.9 Å². The molecule has 0 amide bonds. The number of hydrogen-bond acceptors (Lipinski definition) is 2. The summed E-state index contributed by atoms with van der Waals surface area (Å²) in [6, 6.07) is 0. The van der Waals surface area contributed by atoms with E-state index in [9.17, 15) is 0 Å². The van der Waals surface area contributed by atoms with Gasteiger partial charge in [0, 0.05) is 0 Å². The lowest BCUT2D eigenvalue weighted by atomic mass is 10.1. The van der Waals surface area contributed by atoms with Gasteiger partial charge in [0.2, 0.25) is 0 Å². The van der Waals surface area contributed by atoms with Crippen LogP contribution in [0.1, 0.15) is 13.3 Å². The van der Waals surface area contributed by atoms with Gasteiger partial charge < -0.3 is 9.84 Å². The van der Waals surface area contributed by atoms with E-state index in [2.05, 4.69) is 6.58 Å². The third kappa shape index (κ3) is 1.32. The Morgan fingerprint density at radius 1 is 1.89 bits per heavy atom. The van der Waals surface area contributed by atoms with Crippen molar-refractivity contribution in [3.05, 3.63) is 12.2 Å². The minimum Gasteiger partial charge on any atom is -0.394 e. The molecule has 0 saturated carbocycles. The van der Waals surface area contributed by atoms with E-state index < -0.39 is 0 Å². The minimum absolute atomic E-state index is 0.00694. The van der Waals surface area contributed by atoms with Gasteiger partial charge in [0.15, 0.2) is 0 Å². The van der Waals surface area contributed by atoms with Crippen LogP contribution in [0.2, 0.25) is 0 Å². The van der Waals surface area contributed by atoms with Crippen molar-refractivity contribution in [3.63, 3.8) is 0 Å². The number of aliphatic hydroxyl groups excluding tert-OH is 1. The number of hydrogen-bond donors (Lipinski definition) is 1. The third-order valence-electron chi connectivity index (χ3n) is 1.66. The van der Waals surface area contributed by atoms with Crippen LogP contribution in [0, 0.1) is 0 Å². The van der Waals surface area contributed by atoms with Crippen molar-refractivity contribution in [1.29, 1.82) is 0 Å². The lowest BCUT2D eigenvalue weighted by Gasteiger charge is -2.04. The van der Waals surface area contributed by atoms with Gasteiger partial charge in [-0.25, -0.2) is 0 Å². The molecule has 0 aromatic rings. The molecule has 9 heavy (non-hydrogen) atoms. The Hall–Kier alpha value is -0.340. The van der Waals surface area contributed by atoms with Gasteiger partial charge in [-0.2, -0.15) is 0 Å². The first-order chi connectivity index (χ1) is 4.24. The predicted octanol–water partition coefficient (Wildman–Crippen LogP) is 0.712. The quantitative estimate of drug-likeness (QED) is 0.527. The average Bonchev–Trinajstić information content (AvgIpc) is 2.13. The highest BCUT2D eigenvalue weighted by Crippen LogP contribution is 2.22. The molecule has 2 unspecified atom stereocenters.